The Morgan fingerprint density at radius 2 is 2.38 bits per heavy atom. The number of carbonyl (C=O) groups is 1. The van der Waals surface area contributed by atoms with E-state index in [1.807, 2.05) is 0 Å². The van der Waals surface area contributed by atoms with Gasteiger partial charge in [-0.2, -0.15) is 0 Å². The van der Waals surface area contributed by atoms with Gasteiger partial charge in [0.1, 0.15) is 0 Å². The number of rotatable bonds is 4. The smallest absolute Gasteiger partial charge is 0.256 e. The summed E-state index contributed by atoms with van der Waals surface area (Å²) in [7, 11) is 1.53. The average molecular weight is 302 g/mol. The van der Waals surface area contributed by atoms with Gasteiger partial charge in [0.25, 0.3) is 5.91 Å². The fourth-order valence-electron chi connectivity index (χ4n) is 1.50. The van der Waals surface area contributed by atoms with Gasteiger partial charge in [-0.05, 0) is 12.1 Å². The monoisotopic (exact) mass is 302 g/mol. The predicted octanol–water partition coefficient (Wildman–Crippen LogP) is 2.14. The summed E-state index contributed by atoms with van der Waals surface area (Å²) in [6, 6.07) is 5.12. The molecule has 2 aromatic rings. The third-order valence-corrected chi connectivity index (χ3v) is 3.36. The van der Waals surface area contributed by atoms with Gasteiger partial charge in [-0.1, -0.05) is 11.8 Å². The van der Waals surface area contributed by atoms with Crippen LogP contribution in [-0.2, 0) is 0 Å². The highest BCUT2D eigenvalue weighted by Gasteiger charge is 2.08. The molecule has 0 aromatic carbocycles. The van der Waals surface area contributed by atoms with Crippen molar-refractivity contribution in [2.75, 3.05) is 19.0 Å². The van der Waals surface area contributed by atoms with E-state index in [2.05, 4.69) is 22.1 Å². The minimum atomic E-state index is -0.214. The Labute approximate surface area is 126 Å². The second-order valence-corrected chi connectivity index (χ2v) is 4.93. The van der Waals surface area contributed by atoms with E-state index in [1.165, 1.54) is 24.6 Å². The Kier molecular flexibility index (Phi) is 5.32. The lowest BCUT2D eigenvalue weighted by Crippen LogP contribution is -2.10. The van der Waals surface area contributed by atoms with Crippen LogP contribution in [0, 0.1) is 11.8 Å². The zero-order valence-electron chi connectivity index (χ0n) is 11.4. The summed E-state index contributed by atoms with van der Waals surface area (Å²) >= 11 is 1.39. The number of aliphatic hydroxyl groups is 1. The maximum absolute atomic E-state index is 12.1. The van der Waals surface area contributed by atoms with E-state index >= 15 is 0 Å². The molecule has 1 amide bonds. The molecule has 2 rings (SSSR count). The number of aliphatic hydroxyl groups excluding tert-OH is 1. The SMILES string of the molecule is COc1ccc(NC(=O)c2csc(C#CCCO)c2)cn1. The molecule has 0 aliphatic rings. The molecule has 0 unspecified atom stereocenters. The summed E-state index contributed by atoms with van der Waals surface area (Å²) in [5.74, 6) is 6.00. The van der Waals surface area contributed by atoms with Crippen LogP contribution < -0.4 is 10.1 Å². The molecule has 108 valence electrons. The van der Waals surface area contributed by atoms with Crippen LogP contribution in [0.5, 0.6) is 5.88 Å². The summed E-state index contributed by atoms with van der Waals surface area (Å²) in [5, 5.41) is 13.2. The highest BCUT2D eigenvalue weighted by atomic mass is 32.1. The molecule has 0 aliphatic carbocycles. The third-order valence-electron chi connectivity index (χ3n) is 2.51. The molecule has 0 aliphatic heterocycles. The molecule has 0 bridgehead atoms. The fraction of sp³-hybridized carbons (Fsp3) is 0.200. The van der Waals surface area contributed by atoms with Crippen LogP contribution in [0.15, 0.2) is 29.8 Å². The number of hydrogen-bond acceptors (Lipinski definition) is 5. The van der Waals surface area contributed by atoms with Crippen LogP contribution in [0.2, 0.25) is 0 Å². The number of anilines is 1. The molecule has 0 atom stereocenters. The largest absolute Gasteiger partial charge is 0.481 e. The van der Waals surface area contributed by atoms with E-state index in [9.17, 15) is 4.79 Å². The quantitative estimate of drug-likeness (QED) is 0.849. The fourth-order valence-corrected chi connectivity index (χ4v) is 2.26. The first-order chi connectivity index (χ1) is 10.2. The molecular weight excluding hydrogens is 288 g/mol. The zero-order chi connectivity index (χ0) is 15.1. The van der Waals surface area contributed by atoms with Crippen molar-refractivity contribution in [3.8, 4) is 17.7 Å². The molecule has 0 spiro atoms. The number of ether oxygens (including phenoxy) is 1. The van der Waals surface area contributed by atoms with Gasteiger partial charge in [-0.3, -0.25) is 4.79 Å². The second-order valence-electron chi connectivity index (χ2n) is 4.02. The number of nitrogens with zero attached hydrogens (tertiary/aromatic N) is 1. The molecule has 0 radical (unpaired) electrons. The minimum absolute atomic E-state index is 0.0379. The van der Waals surface area contributed by atoms with Gasteiger partial charge >= 0.3 is 0 Å². The van der Waals surface area contributed by atoms with Gasteiger partial charge in [-0.25, -0.2) is 4.98 Å². The molecular formula is C15H14N2O3S. The molecule has 6 heteroatoms. The van der Waals surface area contributed by atoms with E-state index < -0.39 is 0 Å². The standard InChI is InChI=1S/C15H14N2O3S/c1-20-14-6-5-12(9-16-14)17-15(19)11-8-13(21-10-11)4-2-3-7-18/h5-6,8-10,18H,3,7H2,1H3,(H,17,19). The van der Waals surface area contributed by atoms with E-state index in [4.69, 9.17) is 9.84 Å². The molecule has 5 nitrogen and oxygen atoms in total. The van der Waals surface area contributed by atoms with Crippen LogP contribution in [-0.4, -0.2) is 29.7 Å². The Morgan fingerprint density at radius 1 is 1.52 bits per heavy atom. The number of thiophene rings is 1. The Morgan fingerprint density at radius 3 is 3.05 bits per heavy atom. The normalized spacial score (nSPS) is 9.62. The Bertz CT molecular complexity index is 668. The Balaban J connectivity index is 2.01. The first-order valence-corrected chi connectivity index (χ1v) is 7.10. The van der Waals surface area contributed by atoms with Gasteiger partial charge in [-0.15, -0.1) is 11.3 Å². The summed E-state index contributed by atoms with van der Waals surface area (Å²) < 4.78 is 4.95. The number of hydrogen-bond donors (Lipinski definition) is 2. The zero-order valence-corrected chi connectivity index (χ0v) is 12.2. The molecule has 0 saturated carbocycles. The van der Waals surface area contributed by atoms with Crippen molar-refractivity contribution in [1.82, 2.24) is 4.98 Å². The number of pyridine rings is 1. The average Bonchev–Trinajstić information content (AvgIpc) is 2.97. The van der Waals surface area contributed by atoms with Crippen LogP contribution in [0.25, 0.3) is 0 Å². The predicted molar refractivity (Wildman–Crippen MR) is 81.6 cm³/mol. The maximum atomic E-state index is 12.1. The van der Waals surface area contributed by atoms with Crippen LogP contribution in [0.4, 0.5) is 5.69 Å². The summed E-state index contributed by atoms with van der Waals surface area (Å²) in [6.07, 6.45) is 1.96. The summed E-state index contributed by atoms with van der Waals surface area (Å²) in [4.78, 5) is 16.9. The molecule has 0 fully saturated rings. The van der Waals surface area contributed by atoms with Crippen molar-refractivity contribution < 1.29 is 14.6 Å². The number of amides is 1. The van der Waals surface area contributed by atoms with Crippen molar-refractivity contribution in [3.63, 3.8) is 0 Å². The van der Waals surface area contributed by atoms with E-state index in [0.717, 1.165) is 4.88 Å². The minimum Gasteiger partial charge on any atom is -0.481 e. The van der Waals surface area contributed by atoms with Crippen molar-refractivity contribution in [1.29, 1.82) is 0 Å². The molecule has 0 saturated heterocycles. The van der Waals surface area contributed by atoms with Gasteiger partial charge in [0.2, 0.25) is 5.88 Å². The van der Waals surface area contributed by atoms with E-state index in [1.54, 1.807) is 23.6 Å². The topological polar surface area (TPSA) is 71.5 Å². The van der Waals surface area contributed by atoms with E-state index in [0.29, 0.717) is 23.6 Å². The number of aromatic nitrogens is 1. The summed E-state index contributed by atoms with van der Waals surface area (Å²) in [5.41, 5.74) is 1.14. The lowest BCUT2D eigenvalue weighted by molar-refractivity contribution is 0.102. The lowest BCUT2D eigenvalue weighted by Gasteiger charge is -2.04. The highest BCUT2D eigenvalue weighted by molar-refractivity contribution is 7.10. The van der Waals surface area contributed by atoms with Crippen LogP contribution in [0.3, 0.4) is 0 Å². The molecule has 2 heterocycles. The third kappa shape index (κ3) is 4.31. The molecule has 21 heavy (non-hydrogen) atoms. The first-order valence-electron chi connectivity index (χ1n) is 6.22. The second kappa shape index (κ2) is 7.43. The number of methoxy groups -OCH3 is 1. The number of nitrogens with one attached hydrogen (secondary N) is 1. The van der Waals surface area contributed by atoms with Crippen LogP contribution >= 0.6 is 11.3 Å². The Hall–Kier alpha value is -2.36. The highest BCUT2D eigenvalue weighted by Crippen LogP contribution is 2.16. The lowest BCUT2D eigenvalue weighted by atomic mass is 10.2. The van der Waals surface area contributed by atoms with Gasteiger partial charge in [0.05, 0.1) is 36.0 Å². The van der Waals surface area contributed by atoms with Crippen LogP contribution in [0.1, 0.15) is 21.7 Å². The van der Waals surface area contributed by atoms with Crippen molar-refractivity contribution in [2.24, 2.45) is 0 Å². The van der Waals surface area contributed by atoms with Gasteiger partial charge in [0, 0.05) is 17.9 Å². The maximum Gasteiger partial charge on any atom is 0.256 e. The number of carbonyl (C=O) groups excluding carboxylic acids is 1. The van der Waals surface area contributed by atoms with Crippen molar-refractivity contribution in [3.05, 3.63) is 40.2 Å². The molecule has 2 aromatic heterocycles. The van der Waals surface area contributed by atoms with E-state index in [-0.39, 0.29) is 12.5 Å². The first kappa shape index (κ1) is 15.0. The molecule has 2 N–H and O–H groups in total. The van der Waals surface area contributed by atoms with Gasteiger partial charge < -0.3 is 15.2 Å². The van der Waals surface area contributed by atoms with Crippen molar-refractivity contribution in [2.45, 2.75) is 6.42 Å². The van der Waals surface area contributed by atoms with Crippen molar-refractivity contribution >= 4 is 22.9 Å². The van der Waals surface area contributed by atoms with Gasteiger partial charge in [0.15, 0.2) is 0 Å². The summed E-state index contributed by atoms with van der Waals surface area (Å²) in [6.45, 7) is 0.0379.